The number of hydrogen-bond donors (Lipinski definition) is 1. The van der Waals surface area contributed by atoms with Crippen LogP contribution >= 0.6 is 0 Å². The first-order chi connectivity index (χ1) is 8.07. The summed E-state index contributed by atoms with van der Waals surface area (Å²) in [6.07, 6.45) is 1.36. The van der Waals surface area contributed by atoms with Crippen LogP contribution in [0, 0.1) is 6.92 Å². The average Bonchev–Trinajstić information content (AvgIpc) is 2.63. The van der Waals surface area contributed by atoms with Crippen molar-refractivity contribution < 1.29 is 14.3 Å². The molecule has 2 rings (SSSR count). The van der Waals surface area contributed by atoms with Gasteiger partial charge in [-0.05, 0) is 7.05 Å². The van der Waals surface area contributed by atoms with Gasteiger partial charge in [0, 0.05) is 39.5 Å². The third kappa shape index (κ3) is 3.49. The van der Waals surface area contributed by atoms with Gasteiger partial charge in [0.1, 0.15) is 0 Å². The van der Waals surface area contributed by atoms with E-state index < -0.39 is 5.60 Å². The fourth-order valence-corrected chi connectivity index (χ4v) is 2.10. The maximum atomic E-state index is 10.3. The highest BCUT2D eigenvalue weighted by Crippen LogP contribution is 2.21. The van der Waals surface area contributed by atoms with Crippen LogP contribution < -0.4 is 0 Å². The number of hydrogen-bond acceptors (Lipinski definition) is 6. The van der Waals surface area contributed by atoms with Crippen molar-refractivity contribution in [1.29, 1.82) is 0 Å². The first kappa shape index (κ1) is 12.5. The summed E-state index contributed by atoms with van der Waals surface area (Å²) in [4.78, 5) is 2.00. The Morgan fingerprint density at radius 3 is 2.65 bits per heavy atom. The third-order valence-corrected chi connectivity index (χ3v) is 2.96. The second kappa shape index (κ2) is 5.12. The lowest BCUT2D eigenvalue weighted by Crippen LogP contribution is -2.45. The SMILES string of the molecule is Cc1nnc(CN(C)CC2(O)CCOCC2)o1. The second-order valence-electron chi connectivity index (χ2n) is 4.72. The molecular weight excluding hydrogens is 222 g/mol. The zero-order valence-electron chi connectivity index (χ0n) is 10.3. The topological polar surface area (TPSA) is 71.6 Å². The van der Waals surface area contributed by atoms with Crippen LogP contribution in [0.4, 0.5) is 0 Å². The molecule has 0 saturated carbocycles. The summed E-state index contributed by atoms with van der Waals surface area (Å²) >= 11 is 0. The number of aromatic nitrogens is 2. The second-order valence-corrected chi connectivity index (χ2v) is 4.72. The van der Waals surface area contributed by atoms with E-state index in [4.69, 9.17) is 9.15 Å². The molecule has 0 atom stereocenters. The van der Waals surface area contributed by atoms with E-state index in [-0.39, 0.29) is 0 Å². The molecule has 1 aromatic rings. The highest BCUT2D eigenvalue weighted by molar-refractivity contribution is 4.86. The van der Waals surface area contributed by atoms with Crippen LogP contribution in [0.2, 0.25) is 0 Å². The Kier molecular flexibility index (Phi) is 3.76. The molecule has 0 amide bonds. The van der Waals surface area contributed by atoms with Crippen molar-refractivity contribution in [3.05, 3.63) is 11.8 Å². The summed E-state index contributed by atoms with van der Waals surface area (Å²) in [6, 6.07) is 0. The van der Waals surface area contributed by atoms with E-state index >= 15 is 0 Å². The van der Waals surface area contributed by atoms with Gasteiger partial charge in [-0.25, -0.2) is 0 Å². The summed E-state index contributed by atoms with van der Waals surface area (Å²) in [5.74, 6) is 1.15. The summed E-state index contributed by atoms with van der Waals surface area (Å²) in [6.45, 7) is 4.18. The molecule has 6 nitrogen and oxygen atoms in total. The lowest BCUT2D eigenvalue weighted by molar-refractivity contribution is -0.0783. The minimum absolute atomic E-state index is 0.560. The molecule has 1 N–H and O–H groups in total. The van der Waals surface area contributed by atoms with Gasteiger partial charge in [-0.15, -0.1) is 10.2 Å². The number of aliphatic hydroxyl groups is 1. The lowest BCUT2D eigenvalue weighted by Gasteiger charge is -2.35. The van der Waals surface area contributed by atoms with Gasteiger partial charge in [0.2, 0.25) is 11.8 Å². The fourth-order valence-electron chi connectivity index (χ4n) is 2.10. The fraction of sp³-hybridized carbons (Fsp3) is 0.818. The highest BCUT2D eigenvalue weighted by Gasteiger charge is 2.31. The quantitative estimate of drug-likeness (QED) is 0.820. The molecule has 0 unspecified atom stereocenters. The van der Waals surface area contributed by atoms with Gasteiger partial charge in [-0.1, -0.05) is 0 Å². The van der Waals surface area contributed by atoms with E-state index in [9.17, 15) is 5.11 Å². The van der Waals surface area contributed by atoms with Gasteiger partial charge >= 0.3 is 0 Å². The van der Waals surface area contributed by atoms with E-state index in [1.54, 1.807) is 6.92 Å². The number of nitrogens with zero attached hydrogens (tertiary/aromatic N) is 3. The van der Waals surface area contributed by atoms with Crippen LogP contribution in [0.1, 0.15) is 24.6 Å². The molecule has 0 aliphatic carbocycles. The Morgan fingerprint density at radius 2 is 2.06 bits per heavy atom. The van der Waals surface area contributed by atoms with Crippen LogP contribution in [-0.4, -0.2) is 52.6 Å². The molecule has 2 heterocycles. The smallest absolute Gasteiger partial charge is 0.230 e. The average molecular weight is 241 g/mol. The summed E-state index contributed by atoms with van der Waals surface area (Å²) in [5.41, 5.74) is -0.651. The molecule has 0 aromatic carbocycles. The van der Waals surface area contributed by atoms with E-state index in [0.29, 0.717) is 50.9 Å². The largest absolute Gasteiger partial charge is 0.424 e. The van der Waals surface area contributed by atoms with Crippen LogP contribution in [0.15, 0.2) is 4.42 Å². The van der Waals surface area contributed by atoms with Gasteiger partial charge in [0.15, 0.2) is 0 Å². The Morgan fingerprint density at radius 1 is 1.35 bits per heavy atom. The molecule has 0 radical (unpaired) electrons. The van der Waals surface area contributed by atoms with E-state index in [1.165, 1.54) is 0 Å². The first-order valence-corrected chi connectivity index (χ1v) is 5.85. The van der Waals surface area contributed by atoms with Gasteiger partial charge in [0.25, 0.3) is 0 Å². The molecule has 1 fully saturated rings. The van der Waals surface area contributed by atoms with Crippen LogP contribution in [0.3, 0.4) is 0 Å². The lowest BCUT2D eigenvalue weighted by atomic mass is 9.94. The third-order valence-electron chi connectivity index (χ3n) is 2.96. The molecule has 17 heavy (non-hydrogen) atoms. The summed E-state index contributed by atoms with van der Waals surface area (Å²) in [5, 5.41) is 18.1. The molecular formula is C11H19N3O3. The van der Waals surface area contributed by atoms with E-state index in [2.05, 4.69) is 10.2 Å². The summed E-state index contributed by atoms with van der Waals surface area (Å²) < 4.78 is 10.6. The molecule has 1 saturated heterocycles. The minimum Gasteiger partial charge on any atom is -0.424 e. The van der Waals surface area contributed by atoms with Crippen molar-refractivity contribution in [3.8, 4) is 0 Å². The zero-order valence-corrected chi connectivity index (χ0v) is 10.3. The molecule has 1 aliphatic heterocycles. The molecule has 1 aliphatic rings. The molecule has 1 aromatic heterocycles. The molecule has 0 spiro atoms. The van der Waals surface area contributed by atoms with Gasteiger partial charge in [0.05, 0.1) is 12.1 Å². The van der Waals surface area contributed by atoms with E-state index in [0.717, 1.165) is 0 Å². The maximum absolute atomic E-state index is 10.3. The number of likely N-dealkylation sites (N-methyl/N-ethyl adjacent to an activating group) is 1. The Bertz CT molecular complexity index is 361. The van der Waals surface area contributed by atoms with Gasteiger partial charge in [-0.2, -0.15) is 0 Å². The number of ether oxygens (including phenoxy) is 1. The maximum Gasteiger partial charge on any atom is 0.230 e. The Balaban J connectivity index is 1.85. The molecule has 96 valence electrons. The molecule has 6 heteroatoms. The predicted molar refractivity (Wildman–Crippen MR) is 60.4 cm³/mol. The standard InChI is InChI=1S/C11H19N3O3/c1-9-12-13-10(17-9)7-14(2)8-11(15)3-5-16-6-4-11/h15H,3-8H2,1-2H3. The van der Waals surface area contributed by atoms with Crippen molar-refractivity contribution in [3.63, 3.8) is 0 Å². The summed E-state index contributed by atoms with van der Waals surface area (Å²) in [7, 11) is 1.94. The highest BCUT2D eigenvalue weighted by atomic mass is 16.5. The number of aryl methyl sites for hydroxylation is 1. The van der Waals surface area contributed by atoms with Crippen molar-refractivity contribution in [2.75, 3.05) is 26.8 Å². The van der Waals surface area contributed by atoms with Crippen molar-refractivity contribution >= 4 is 0 Å². The normalized spacial score (nSPS) is 19.8. The van der Waals surface area contributed by atoms with Gasteiger partial charge in [-0.3, -0.25) is 4.90 Å². The first-order valence-electron chi connectivity index (χ1n) is 5.85. The van der Waals surface area contributed by atoms with Crippen LogP contribution in [0.5, 0.6) is 0 Å². The van der Waals surface area contributed by atoms with Crippen molar-refractivity contribution in [1.82, 2.24) is 15.1 Å². The zero-order chi connectivity index (χ0) is 12.3. The predicted octanol–water partition coefficient (Wildman–Crippen LogP) is 0.351. The van der Waals surface area contributed by atoms with Crippen LogP contribution in [-0.2, 0) is 11.3 Å². The van der Waals surface area contributed by atoms with Crippen LogP contribution in [0.25, 0.3) is 0 Å². The Labute approximate surface area is 101 Å². The minimum atomic E-state index is -0.651. The molecule has 0 bridgehead atoms. The van der Waals surface area contributed by atoms with Gasteiger partial charge < -0.3 is 14.3 Å². The monoisotopic (exact) mass is 241 g/mol. The number of rotatable bonds is 4. The van der Waals surface area contributed by atoms with Crippen molar-refractivity contribution in [2.24, 2.45) is 0 Å². The Hall–Kier alpha value is -0.980. The van der Waals surface area contributed by atoms with Crippen molar-refractivity contribution in [2.45, 2.75) is 31.9 Å². The van der Waals surface area contributed by atoms with E-state index in [1.807, 2.05) is 11.9 Å².